The van der Waals surface area contributed by atoms with E-state index in [0.29, 0.717) is 17.4 Å². The summed E-state index contributed by atoms with van der Waals surface area (Å²) in [6.45, 7) is 0.721. The summed E-state index contributed by atoms with van der Waals surface area (Å²) in [5.41, 5.74) is 6.85. The Bertz CT molecular complexity index is 503. The maximum absolute atomic E-state index is 5.69. The first-order valence-corrected chi connectivity index (χ1v) is 5.58. The van der Waals surface area contributed by atoms with Crippen molar-refractivity contribution >= 4 is 11.6 Å². The lowest BCUT2D eigenvalue weighted by Crippen LogP contribution is -2.09. The van der Waals surface area contributed by atoms with Gasteiger partial charge in [0.2, 0.25) is 5.75 Å². The number of hydrogen-bond donors (Lipinski definition) is 2. The molecule has 0 fully saturated rings. The van der Waals surface area contributed by atoms with E-state index in [4.69, 9.17) is 10.5 Å². The highest BCUT2D eigenvalue weighted by atomic mass is 16.5. The van der Waals surface area contributed by atoms with Gasteiger partial charge in [-0.2, -0.15) is 0 Å². The number of nitrogens with zero attached hydrogens (tertiary/aromatic N) is 3. The zero-order valence-corrected chi connectivity index (χ0v) is 10.1. The van der Waals surface area contributed by atoms with Crippen molar-refractivity contribution in [3.8, 4) is 5.75 Å². The molecule has 2 aromatic rings. The largest absolute Gasteiger partial charge is 0.490 e. The topological polar surface area (TPSA) is 86.0 Å². The molecule has 0 unspecified atom stereocenters. The second kappa shape index (κ2) is 5.81. The first-order valence-electron chi connectivity index (χ1n) is 5.58. The van der Waals surface area contributed by atoms with Crippen molar-refractivity contribution in [2.75, 3.05) is 24.7 Å². The molecule has 2 rings (SSSR count). The number of aromatic nitrogens is 3. The Balaban J connectivity index is 1.96. The monoisotopic (exact) mass is 245 g/mol. The number of nitrogens with two attached hydrogens (primary N) is 1. The number of rotatable bonds is 5. The maximum Gasteiger partial charge on any atom is 0.203 e. The lowest BCUT2D eigenvalue weighted by atomic mass is 10.2. The van der Waals surface area contributed by atoms with Gasteiger partial charge in [0.25, 0.3) is 0 Å². The van der Waals surface area contributed by atoms with Crippen molar-refractivity contribution in [3.05, 3.63) is 36.4 Å². The zero-order valence-electron chi connectivity index (χ0n) is 10.1. The molecular formula is C12H15N5O. The zero-order chi connectivity index (χ0) is 12.8. The fourth-order valence-electron chi connectivity index (χ4n) is 1.59. The van der Waals surface area contributed by atoms with Crippen LogP contribution in [0.15, 0.2) is 30.9 Å². The van der Waals surface area contributed by atoms with Crippen LogP contribution < -0.4 is 15.8 Å². The van der Waals surface area contributed by atoms with E-state index in [0.717, 1.165) is 18.5 Å². The molecule has 2 aromatic heterocycles. The summed E-state index contributed by atoms with van der Waals surface area (Å²) in [4.78, 5) is 12.0. The maximum atomic E-state index is 5.69. The van der Waals surface area contributed by atoms with Crippen LogP contribution in [0.4, 0.5) is 11.6 Å². The number of hydrogen-bond acceptors (Lipinski definition) is 6. The van der Waals surface area contributed by atoms with Gasteiger partial charge in [-0.15, -0.1) is 0 Å². The van der Waals surface area contributed by atoms with Gasteiger partial charge >= 0.3 is 0 Å². The van der Waals surface area contributed by atoms with Crippen LogP contribution in [-0.4, -0.2) is 28.6 Å². The molecule has 0 atom stereocenters. The van der Waals surface area contributed by atoms with E-state index in [9.17, 15) is 0 Å². The molecule has 0 saturated heterocycles. The van der Waals surface area contributed by atoms with Gasteiger partial charge < -0.3 is 15.8 Å². The SMILES string of the molecule is COc1c(N)ncnc1NCCc1cccnc1. The van der Waals surface area contributed by atoms with Crippen LogP contribution in [0, 0.1) is 0 Å². The van der Waals surface area contributed by atoms with Gasteiger partial charge in [0.1, 0.15) is 6.33 Å². The fourth-order valence-corrected chi connectivity index (χ4v) is 1.59. The third-order valence-electron chi connectivity index (χ3n) is 2.46. The summed E-state index contributed by atoms with van der Waals surface area (Å²) in [5.74, 6) is 1.41. The molecule has 0 bridgehead atoms. The Kier molecular flexibility index (Phi) is 3.90. The smallest absolute Gasteiger partial charge is 0.203 e. The van der Waals surface area contributed by atoms with Crippen LogP contribution in [0.5, 0.6) is 5.75 Å². The van der Waals surface area contributed by atoms with Gasteiger partial charge in [-0.1, -0.05) is 6.07 Å². The van der Waals surface area contributed by atoms with E-state index in [1.165, 1.54) is 6.33 Å². The van der Waals surface area contributed by atoms with Crippen LogP contribution >= 0.6 is 0 Å². The third kappa shape index (κ3) is 2.85. The Morgan fingerprint density at radius 2 is 2.28 bits per heavy atom. The van der Waals surface area contributed by atoms with Crippen molar-refractivity contribution in [2.45, 2.75) is 6.42 Å². The molecular weight excluding hydrogens is 230 g/mol. The molecule has 0 amide bonds. The minimum absolute atomic E-state index is 0.330. The highest BCUT2D eigenvalue weighted by Gasteiger charge is 2.08. The molecule has 0 aromatic carbocycles. The summed E-state index contributed by atoms with van der Waals surface area (Å²) < 4.78 is 5.15. The third-order valence-corrected chi connectivity index (χ3v) is 2.46. The van der Waals surface area contributed by atoms with Crippen LogP contribution in [0.25, 0.3) is 0 Å². The van der Waals surface area contributed by atoms with Crippen LogP contribution in [0.3, 0.4) is 0 Å². The minimum Gasteiger partial charge on any atom is -0.490 e. The average molecular weight is 245 g/mol. The molecule has 6 heteroatoms. The summed E-state index contributed by atoms with van der Waals surface area (Å²) in [5, 5.41) is 3.17. The van der Waals surface area contributed by atoms with E-state index in [1.807, 2.05) is 18.3 Å². The molecule has 0 spiro atoms. The van der Waals surface area contributed by atoms with Crippen molar-refractivity contribution < 1.29 is 4.74 Å². The van der Waals surface area contributed by atoms with E-state index in [1.54, 1.807) is 13.3 Å². The number of anilines is 2. The number of nitrogen functional groups attached to an aromatic ring is 1. The molecule has 3 N–H and O–H groups in total. The number of pyridine rings is 1. The quantitative estimate of drug-likeness (QED) is 0.820. The Labute approximate surface area is 105 Å². The van der Waals surface area contributed by atoms with E-state index >= 15 is 0 Å². The van der Waals surface area contributed by atoms with Crippen LogP contribution in [-0.2, 0) is 6.42 Å². The highest BCUT2D eigenvalue weighted by molar-refractivity contribution is 5.61. The first kappa shape index (κ1) is 12.1. The first-order chi connectivity index (χ1) is 8.81. The molecule has 0 aliphatic carbocycles. The average Bonchev–Trinajstić information content (AvgIpc) is 2.40. The molecule has 6 nitrogen and oxygen atoms in total. The van der Waals surface area contributed by atoms with E-state index < -0.39 is 0 Å². The Morgan fingerprint density at radius 1 is 1.39 bits per heavy atom. The van der Waals surface area contributed by atoms with Gasteiger partial charge in [-0.25, -0.2) is 9.97 Å². The van der Waals surface area contributed by atoms with Crippen molar-refractivity contribution in [1.82, 2.24) is 15.0 Å². The van der Waals surface area contributed by atoms with Gasteiger partial charge in [-0.05, 0) is 18.1 Å². The van der Waals surface area contributed by atoms with Crippen LogP contribution in [0.2, 0.25) is 0 Å². The number of nitrogens with one attached hydrogen (secondary N) is 1. The van der Waals surface area contributed by atoms with Gasteiger partial charge in [0.15, 0.2) is 11.6 Å². The fraction of sp³-hybridized carbons (Fsp3) is 0.250. The molecule has 0 saturated carbocycles. The summed E-state index contributed by atoms with van der Waals surface area (Å²) >= 11 is 0. The molecule has 94 valence electrons. The minimum atomic E-state index is 0.330. The molecule has 2 heterocycles. The molecule has 0 aliphatic rings. The van der Waals surface area contributed by atoms with Crippen molar-refractivity contribution in [1.29, 1.82) is 0 Å². The Hall–Kier alpha value is -2.37. The van der Waals surface area contributed by atoms with E-state index in [-0.39, 0.29) is 0 Å². The number of ether oxygens (including phenoxy) is 1. The second-order valence-electron chi connectivity index (χ2n) is 3.68. The lowest BCUT2D eigenvalue weighted by Gasteiger charge is -2.10. The predicted octanol–water partition coefficient (Wildman–Crippen LogP) is 1.12. The van der Waals surface area contributed by atoms with Gasteiger partial charge in [0.05, 0.1) is 7.11 Å². The van der Waals surface area contributed by atoms with Crippen molar-refractivity contribution in [3.63, 3.8) is 0 Å². The standard InChI is InChI=1S/C12H15N5O/c1-18-10-11(13)16-8-17-12(10)15-6-4-9-3-2-5-14-7-9/h2-3,5,7-8H,4,6H2,1H3,(H3,13,15,16,17). The number of methoxy groups -OCH3 is 1. The summed E-state index contributed by atoms with van der Waals surface area (Å²) in [6.07, 6.45) is 5.85. The second-order valence-corrected chi connectivity index (χ2v) is 3.68. The van der Waals surface area contributed by atoms with E-state index in [2.05, 4.69) is 20.3 Å². The summed E-state index contributed by atoms with van der Waals surface area (Å²) in [7, 11) is 1.54. The summed E-state index contributed by atoms with van der Waals surface area (Å²) in [6, 6.07) is 3.94. The molecule has 0 radical (unpaired) electrons. The lowest BCUT2D eigenvalue weighted by molar-refractivity contribution is 0.415. The Morgan fingerprint density at radius 3 is 3.00 bits per heavy atom. The normalized spacial score (nSPS) is 10.1. The van der Waals surface area contributed by atoms with Gasteiger partial charge in [-0.3, -0.25) is 4.98 Å². The van der Waals surface area contributed by atoms with Crippen LogP contribution in [0.1, 0.15) is 5.56 Å². The molecule has 0 aliphatic heterocycles. The highest BCUT2D eigenvalue weighted by Crippen LogP contribution is 2.25. The predicted molar refractivity (Wildman–Crippen MR) is 69.4 cm³/mol. The molecule has 18 heavy (non-hydrogen) atoms. The van der Waals surface area contributed by atoms with Gasteiger partial charge in [0, 0.05) is 18.9 Å². The van der Waals surface area contributed by atoms with Crippen molar-refractivity contribution in [2.24, 2.45) is 0 Å².